The number of nitrogens with one attached hydrogen (secondary N) is 1. The van der Waals surface area contributed by atoms with Crippen molar-refractivity contribution in [3.8, 4) is 11.1 Å². The molecule has 0 saturated heterocycles. The van der Waals surface area contributed by atoms with Crippen LogP contribution in [0.4, 0.5) is 0 Å². The van der Waals surface area contributed by atoms with Gasteiger partial charge in [-0.25, -0.2) is 0 Å². The van der Waals surface area contributed by atoms with Crippen molar-refractivity contribution in [1.82, 2.24) is 15.4 Å². The van der Waals surface area contributed by atoms with Gasteiger partial charge in [0.25, 0.3) is 0 Å². The SMILES string of the molecule is Clc1ccccc1-c1ccc(C=Cc2cn[nH]n2)cc1.O=C=O. The summed E-state index contributed by atoms with van der Waals surface area (Å²) >= 11 is 6.19. The molecule has 0 unspecified atom stereocenters. The van der Waals surface area contributed by atoms with E-state index in [-0.39, 0.29) is 6.15 Å². The van der Waals surface area contributed by atoms with Crippen molar-refractivity contribution in [2.45, 2.75) is 0 Å². The average molecular weight is 326 g/mol. The highest BCUT2D eigenvalue weighted by atomic mass is 35.5. The maximum Gasteiger partial charge on any atom is 0.373 e. The van der Waals surface area contributed by atoms with Gasteiger partial charge >= 0.3 is 6.15 Å². The molecule has 6 heteroatoms. The van der Waals surface area contributed by atoms with E-state index in [0.717, 1.165) is 27.4 Å². The summed E-state index contributed by atoms with van der Waals surface area (Å²) < 4.78 is 0. The van der Waals surface area contributed by atoms with Crippen LogP contribution < -0.4 is 0 Å². The minimum Gasteiger partial charge on any atom is -0.197 e. The molecule has 3 rings (SSSR count). The molecule has 5 nitrogen and oxygen atoms in total. The highest BCUT2D eigenvalue weighted by Gasteiger charge is 2.01. The van der Waals surface area contributed by atoms with Gasteiger partial charge in [-0.3, -0.25) is 0 Å². The minimum atomic E-state index is 0.250. The zero-order valence-electron chi connectivity index (χ0n) is 11.9. The molecule has 0 bridgehead atoms. The standard InChI is InChI=1S/C16H12ClN3.CO2/c17-16-4-2-1-3-15(16)13-8-5-12(6-9-13)7-10-14-11-18-20-19-14;2-1-3/h1-11H,(H,18,19,20);. The number of benzene rings is 2. The Hall–Kier alpha value is -3.01. The normalized spacial score (nSPS) is 9.96. The second-order valence-electron chi connectivity index (χ2n) is 4.41. The number of rotatable bonds is 3. The lowest BCUT2D eigenvalue weighted by atomic mass is 10.0. The molecule has 1 aromatic heterocycles. The van der Waals surface area contributed by atoms with Crippen LogP contribution in [0.5, 0.6) is 0 Å². The predicted molar refractivity (Wildman–Crippen MR) is 87.2 cm³/mol. The molecule has 0 saturated carbocycles. The number of hydrogen-bond acceptors (Lipinski definition) is 4. The molecule has 0 fully saturated rings. The van der Waals surface area contributed by atoms with Crippen molar-refractivity contribution in [3.63, 3.8) is 0 Å². The summed E-state index contributed by atoms with van der Waals surface area (Å²) in [5, 5.41) is 11.1. The van der Waals surface area contributed by atoms with E-state index in [2.05, 4.69) is 39.7 Å². The molecule has 23 heavy (non-hydrogen) atoms. The van der Waals surface area contributed by atoms with Gasteiger partial charge in [-0.15, -0.1) is 0 Å². The average Bonchev–Trinajstić information content (AvgIpc) is 3.08. The van der Waals surface area contributed by atoms with E-state index >= 15 is 0 Å². The van der Waals surface area contributed by atoms with Gasteiger partial charge in [-0.05, 0) is 23.3 Å². The Morgan fingerprint density at radius 2 is 1.70 bits per heavy atom. The van der Waals surface area contributed by atoms with Crippen LogP contribution in [-0.2, 0) is 9.59 Å². The van der Waals surface area contributed by atoms with E-state index in [4.69, 9.17) is 21.2 Å². The van der Waals surface area contributed by atoms with E-state index in [9.17, 15) is 0 Å². The quantitative estimate of drug-likeness (QED) is 0.796. The molecule has 1 N–H and O–H groups in total. The number of aromatic amines is 1. The van der Waals surface area contributed by atoms with Crippen molar-refractivity contribution in [3.05, 3.63) is 71.0 Å². The van der Waals surface area contributed by atoms with E-state index in [1.165, 1.54) is 0 Å². The van der Waals surface area contributed by atoms with Crippen LogP contribution in [0.15, 0.2) is 54.7 Å². The first-order chi connectivity index (χ1) is 11.2. The van der Waals surface area contributed by atoms with Crippen LogP contribution in [-0.4, -0.2) is 21.6 Å². The lowest BCUT2D eigenvalue weighted by Crippen LogP contribution is -1.80. The number of halogens is 1. The molecular formula is C17H12ClN3O2. The molecular weight excluding hydrogens is 314 g/mol. The summed E-state index contributed by atoms with van der Waals surface area (Å²) in [6.07, 6.45) is 5.83. The molecule has 0 aliphatic carbocycles. The van der Waals surface area contributed by atoms with Crippen LogP contribution >= 0.6 is 11.6 Å². The number of hydrogen-bond donors (Lipinski definition) is 1. The number of carbonyl (C=O) groups excluding carboxylic acids is 2. The molecule has 0 atom stereocenters. The first-order valence-corrected chi connectivity index (χ1v) is 7.00. The molecule has 1 heterocycles. The third-order valence-corrected chi connectivity index (χ3v) is 3.31. The lowest BCUT2D eigenvalue weighted by Gasteiger charge is -2.04. The summed E-state index contributed by atoms with van der Waals surface area (Å²) in [7, 11) is 0. The number of H-pyrrole nitrogens is 1. The van der Waals surface area contributed by atoms with Gasteiger partial charge in [-0.2, -0.15) is 25.0 Å². The van der Waals surface area contributed by atoms with Crippen LogP contribution in [0.3, 0.4) is 0 Å². The maximum atomic E-state index is 8.12. The van der Waals surface area contributed by atoms with Crippen molar-refractivity contribution in [2.24, 2.45) is 0 Å². The molecule has 114 valence electrons. The molecule has 3 aromatic rings. The largest absolute Gasteiger partial charge is 0.373 e. The smallest absolute Gasteiger partial charge is 0.197 e. The molecule has 0 amide bonds. The fourth-order valence-corrected chi connectivity index (χ4v) is 2.19. The second-order valence-corrected chi connectivity index (χ2v) is 4.82. The fourth-order valence-electron chi connectivity index (χ4n) is 1.94. The molecule has 0 spiro atoms. The van der Waals surface area contributed by atoms with Crippen molar-refractivity contribution < 1.29 is 9.59 Å². The number of nitrogens with zero attached hydrogens (tertiary/aromatic N) is 2. The van der Waals surface area contributed by atoms with Gasteiger partial charge in [0.2, 0.25) is 0 Å². The first-order valence-electron chi connectivity index (χ1n) is 6.62. The fraction of sp³-hybridized carbons (Fsp3) is 0. The van der Waals surface area contributed by atoms with Crippen LogP contribution in [0.1, 0.15) is 11.3 Å². The molecule has 0 aliphatic heterocycles. The number of aromatic nitrogens is 3. The van der Waals surface area contributed by atoms with Gasteiger partial charge in [0.05, 0.1) is 6.20 Å². The van der Waals surface area contributed by atoms with E-state index in [1.807, 2.05) is 36.4 Å². The first kappa shape index (κ1) is 16.4. The molecule has 2 aromatic carbocycles. The van der Waals surface area contributed by atoms with Crippen LogP contribution in [0.2, 0.25) is 5.02 Å². The molecule has 0 radical (unpaired) electrons. The Bertz CT molecular complexity index is 806. The minimum absolute atomic E-state index is 0.250. The van der Waals surface area contributed by atoms with E-state index < -0.39 is 0 Å². The predicted octanol–water partition coefficient (Wildman–Crippen LogP) is 3.71. The van der Waals surface area contributed by atoms with Gasteiger partial charge < -0.3 is 0 Å². The Kier molecular flexibility index (Phi) is 6.00. The summed E-state index contributed by atoms with van der Waals surface area (Å²) in [4.78, 5) is 16.2. The Morgan fingerprint density at radius 1 is 1.00 bits per heavy atom. The maximum absolute atomic E-state index is 8.12. The zero-order valence-corrected chi connectivity index (χ0v) is 12.7. The van der Waals surface area contributed by atoms with Gasteiger partial charge in [-0.1, -0.05) is 60.1 Å². The zero-order chi connectivity index (χ0) is 16.5. The summed E-state index contributed by atoms with van der Waals surface area (Å²) in [6.45, 7) is 0. The van der Waals surface area contributed by atoms with E-state index in [0.29, 0.717) is 0 Å². The Labute approximate surface area is 137 Å². The van der Waals surface area contributed by atoms with Gasteiger partial charge in [0.1, 0.15) is 5.69 Å². The molecule has 0 aliphatic rings. The summed E-state index contributed by atoms with van der Waals surface area (Å²) in [5.74, 6) is 0. The van der Waals surface area contributed by atoms with Gasteiger partial charge in [0, 0.05) is 10.6 Å². The van der Waals surface area contributed by atoms with Crippen LogP contribution in [0, 0.1) is 0 Å². The van der Waals surface area contributed by atoms with Crippen molar-refractivity contribution >= 4 is 29.9 Å². The monoisotopic (exact) mass is 325 g/mol. The Morgan fingerprint density at radius 3 is 2.30 bits per heavy atom. The van der Waals surface area contributed by atoms with Crippen molar-refractivity contribution in [1.29, 1.82) is 0 Å². The van der Waals surface area contributed by atoms with Crippen molar-refractivity contribution in [2.75, 3.05) is 0 Å². The Balaban J connectivity index is 0.000000595. The highest BCUT2D eigenvalue weighted by Crippen LogP contribution is 2.27. The third-order valence-electron chi connectivity index (χ3n) is 2.98. The highest BCUT2D eigenvalue weighted by molar-refractivity contribution is 6.33. The summed E-state index contributed by atoms with van der Waals surface area (Å²) in [6, 6.07) is 16.1. The van der Waals surface area contributed by atoms with E-state index in [1.54, 1.807) is 6.20 Å². The van der Waals surface area contributed by atoms with Crippen LogP contribution in [0.25, 0.3) is 23.3 Å². The lowest BCUT2D eigenvalue weighted by molar-refractivity contribution is -0.191. The second kappa shape index (κ2) is 8.44. The topological polar surface area (TPSA) is 75.7 Å². The third kappa shape index (κ3) is 4.74. The summed E-state index contributed by atoms with van der Waals surface area (Å²) in [5.41, 5.74) is 4.05. The van der Waals surface area contributed by atoms with Gasteiger partial charge in [0.15, 0.2) is 0 Å².